The van der Waals surface area contributed by atoms with E-state index in [0.717, 1.165) is 11.3 Å². The molecule has 0 saturated carbocycles. The number of benzene rings is 1. The van der Waals surface area contributed by atoms with E-state index in [9.17, 15) is 9.59 Å². The fourth-order valence-electron chi connectivity index (χ4n) is 3.40. The summed E-state index contributed by atoms with van der Waals surface area (Å²) in [7, 11) is 4.86. The Labute approximate surface area is 185 Å². The molecule has 164 valence electrons. The molecule has 3 heterocycles. The van der Waals surface area contributed by atoms with E-state index in [1.165, 1.54) is 15.8 Å². The zero-order valence-electron chi connectivity index (χ0n) is 18.1. The molecule has 0 unspecified atom stereocenters. The summed E-state index contributed by atoms with van der Waals surface area (Å²) >= 11 is 0. The molecular weight excluding hydrogens is 408 g/mol. The monoisotopic (exact) mass is 432 g/mol. The van der Waals surface area contributed by atoms with Crippen molar-refractivity contribution in [2.45, 2.75) is 0 Å². The number of aromatic nitrogens is 4. The van der Waals surface area contributed by atoms with E-state index in [4.69, 9.17) is 4.74 Å². The van der Waals surface area contributed by atoms with Crippen LogP contribution in [0.15, 0.2) is 61.1 Å². The number of anilines is 1. The number of nitrogens with one attached hydrogen (secondary N) is 1. The Bertz CT molecular complexity index is 1260. The molecule has 0 spiro atoms. The molecule has 2 amide bonds. The molecule has 0 bridgehead atoms. The number of pyridine rings is 1. The van der Waals surface area contributed by atoms with Gasteiger partial charge in [-0.05, 0) is 6.07 Å². The fourth-order valence-corrected chi connectivity index (χ4v) is 3.40. The molecule has 9 heteroatoms. The summed E-state index contributed by atoms with van der Waals surface area (Å²) in [5, 5.41) is 6.97. The summed E-state index contributed by atoms with van der Waals surface area (Å²) < 4.78 is 8.31. The molecule has 32 heavy (non-hydrogen) atoms. The highest BCUT2D eigenvalue weighted by Gasteiger charge is 2.24. The van der Waals surface area contributed by atoms with Gasteiger partial charge in [0.05, 0.1) is 24.1 Å². The second-order valence-electron chi connectivity index (χ2n) is 7.38. The van der Waals surface area contributed by atoms with E-state index >= 15 is 0 Å². The summed E-state index contributed by atoms with van der Waals surface area (Å²) in [4.78, 5) is 32.0. The molecule has 0 saturated heterocycles. The maximum atomic E-state index is 13.0. The predicted molar refractivity (Wildman–Crippen MR) is 121 cm³/mol. The van der Waals surface area contributed by atoms with Crippen molar-refractivity contribution >= 4 is 23.1 Å². The van der Waals surface area contributed by atoms with Gasteiger partial charge in [-0.25, -0.2) is 4.98 Å². The van der Waals surface area contributed by atoms with Crippen molar-refractivity contribution in [3.63, 3.8) is 0 Å². The molecule has 4 aromatic rings. The largest absolute Gasteiger partial charge is 0.383 e. The average Bonchev–Trinajstić information content (AvgIpc) is 3.40. The highest BCUT2D eigenvalue weighted by atomic mass is 16.5. The van der Waals surface area contributed by atoms with E-state index in [1.54, 1.807) is 33.3 Å². The topological polar surface area (TPSA) is 93.8 Å². The van der Waals surface area contributed by atoms with Crippen molar-refractivity contribution in [2.75, 3.05) is 32.6 Å². The van der Waals surface area contributed by atoms with Crippen LogP contribution in [0.1, 0.15) is 20.8 Å². The molecule has 1 aromatic carbocycles. The molecule has 0 aliphatic heterocycles. The molecule has 0 atom stereocenters. The zero-order valence-corrected chi connectivity index (χ0v) is 18.1. The van der Waals surface area contributed by atoms with Crippen LogP contribution in [0.25, 0.3) is 16.9 Å². The number of aryl methyl sites for hydroxylation is 1. The first-order valence-corrected chi connectivity index (χ1v) is 10.1. The number of rotatable bonds is 7. The Morgan fingerprint density at radius 2 is 1.97 bits per heavy atom. The van der Waals surface area contributed by atoms with Crippen LogP contribution in [0.2, 0.25) is 0 Å². The second kappa shape index (κ2) is 9.03. The Kier molecular flexibility index (Phi) is 6.00. The fraction of sp³-hybridized carbons (Fsp3) is 0.217. The van der Waals surface area contributed by atoms with Crippen molar-refractivity contribution in [2.24, 2.45) is 7.05 Å². The minimum absolute atomic E-state index is 0.187. The van der Waals surface area contributed by atoms with Gasteiger partial charge in [0.1, 0.15) is 11.3 Å². The molecule has 0 fully saturated rings. The lowest BCUT2D eigenvalue weighted by molar-refractivity contribution is 0.0740. The van der Waals surface area contributed by atoms with Crippen LogP contribution >= 0.6 is 0 Å². The van der Waals surface area contributed by atoms with Crippen LogP contribution in [0.3, 0.4) is 0 Å². The molecule has 4 rings (SSSR count). The van der Waals surface area contributed by atoms with Crippen LogP contribution in [0.4, 0.5) is 5.69 Å². The second-order valence-corrected chi connectivity index (χ2v) is 7.38. The van der Waals surface area contributed by atoms with E-state index in [1.807, 2.05) is 47.1 Å². The van der Waals surface area contributed by atoms with Crippen LogP contribution in [0.5, 0.6) is 0 Å². The van der Waals surface area contributed by atoms with E-state index in [2.05, 4.69) is 15.4 Å². The number of hydrogen-bond acceptors (Lipinski definition) is 5. The van der Waals surface area contributed by atoms with E-state index < -0.39 is 5.91 Å². The summed E-state index contributed by atoms with van der Waals surface area (Å²) in [6.07, 6.45) is 5.17. The lowest BCUT2D eigenvalue weighted by Crippen LogP contribution is -2.31. The molecule has 0 radical (unpaired) electrons. The van der Waals surface area contributed by atoms with Gasteiger partial charge in [0.2, 0.25) is 0 Å². The third-order valence-corrected chi connectivity index (χ3v) is 5.15. The normalized spacial score (nSPS) is 11.0. The predicted octanol–water partition coefficient (Wildman–Crippen LogP) is 2.71. The quantitative estimate of drug-likeness (QED) is 0.485. The maximum Gasteiger partial charge on any atom is 0.274 e. The van der Waals surface area contributed by atoms with Crippen molar-refractivity contribution < 1.29 is 14.3 Å². The Morgan fingerprint density at radius 3 is 2.72 bits per heavy atom. The van der Waals surface area contributed by atoms with Gasteiger partial charge in [-0.1, -0.05) is 30.3 Å². The van der Waals surface area contributed by atoms with Gasteiger partial charge in [-0.2, -0.15) is 5.10 Å². The van der Waals surface area contributed by atoms with Gasteiger partial charge < -0.3 is 19.4 Å². The number of methoxy groups -OCH3 is 1. The Balaban J connectivity index is 1.57. The maximum absolute atomic E-state index is 13.0. The molecule has 1 N–H and O–H groups in total. The molecule has 0 aliphatic carbocycles. The van der Waals surface area contributed by atoms with Crippen LogP contribution in [-0.4, -0.2) is 63.2 Å². The average molecular weight is 432 g/mol. The van der Waals surface area contributed by atoms with E-state index in [-0.39, 0.29) is 17.2 Å². The standard InChI is InChI=1S/C23H24N6O3/c1-27(11-12-32-3)23(31)18-14-24-28(2)21(18)22(30)25-17-9-10-29-15-19(26-20(29)13-17)16-7-5-4-6-8-16/h4-10,13-15H,11-12H2,1-3H3,(H,25,30). The van der Waals surface area contributed by atoms with Gasteiger partial charge in [0.25, 0.3) is 11.8 Å². The molecule has 0 aliphatic rings. The number of ether oxygens (including phenoxy) is 1. The summed E-state index contributed by atoms with van der Waals surface area (Å²) in [6.45, 7) is 0.810. The number of likely N-dealkylation sites (N-methyl/N-ethyl adjacent to an activating group) is 1. The van der Waals surface area contributed by atoms with Crippen LogP contribution < -0.4 is 5.32 Å². The number of amides is 2. The molecular formula is C23H24N6O3. The zero-order chi connectivity index (χ0) is 22.7. The van der Waals surface area contributed by atoms with Crippen molar-refractivity contribution in [1.29, 1.82) is 0 Å². The summed E-state index contributed by atoms with van der Waals surface area (Å²) in [5.74, 6) is -0.718. The number of carbonyl (C=O) groups is 2. The first-order valence-electron chi connectivity index (χ1n) is 10.1. The Morgan fingerprint density at radius 1 is 1.19 bits per heavy atom. The first-order chi connectivity index (χ1) is 15.5. The molecule has 9 nitrogen and oxygen atoms in total. The van der Waals surface area contributed by atoms with Crippen LogP contribution in [-0.2, 0) is 11.8 Å². The highest BCUT2D eigenvalue weighted by molar-refractivity contribution is 6.11. The van der Waals surface area contributed by atoms with Crippen molar-refractivity contribution in [3.05, 3.63) is 72.3 Å². The van der Waals surface area contributed by atoms with Crippen molar-refractivity contribution in [1.82, 2.24) is 24.1 Å². The minimum atomic E-state index is -0.423. The number of fused-ring (bicyclic) bond motifs is 1. The summed E-state index contributed by atoms with van der Waals surface area (Å²) in [5.41, 5.74) is 3.54. The number of imidazole rings is 1. The first kappa shape index (κ1) is 21.3. The number of hydrogen-bond donors (Lipinski definition) is 1. The van der Waals surface area contributed by atoms with E-state index in [0.29, 0.717) is 24.5 Å². The van der Waals surface area contributed by atoms with Gasteiger partial charge in [0, 0.05) is 57.5 Å². The molecule has 3 aromatic heterocycles. The van der Waals surface area contributed by atoms with Gasteiger partial charge in [-0.3, -0.25) is 14.3 Å². The SMILES string of the molecule is COCCN(C)C(=O)c1cnn(C)c1C(=O)Nc1ccn2cc(-c3ccccc3)nc2c1. The van der Waals surface area contributed by atoms with Gasteiger partial charge >= 0.3 is 0 Å². The lowest BCUT2D eigenvalue weighted by atomic mass is 10.2. The Hall–Kier alpha value is -3.98. The smallest absolute Gasteiger partial charge is 0.274 e. The van der Waals surface area contributed by atoms with Gasteiger partial charge in [0.15, 0.2) is 0 Å². The minimum Gasteiger partial charge on any atom is -0.383 e. The number of nitrogens with zero attached hydrogens (tertiary/aromatic N) is 5. The van der Waals surface area contributed by atoms with Crippen LogP contribution in [0, 0.1) is 0 Å². The third kappa shape index (κ3) is 4.23. The summed E-state index contributed by atoms with van der Waals surface area (Å²) in [6, 6.07) is 13.4. The highest BCUT2D eigenvalue weighted by Crippen LogP contribution is 2.21. The van der Waals surface area contributed by atoms with Gasteiger partial charge in [-0.15, -0.1) is 0 Å². The number of carbonyl (C=O) groups excluding carboxylic acids is 2. The van der Waals surface area contributed by atoms with Crippen molar-refractivity contribution in [3.8, 4) is 11.3 Å². The third-order valence-electron chi connectivity index (χ3n) is 5.15. The lowest BCUT2D eigenvalue weighted by Gasteiger charge is -2.16.